The van der Waals surface area contributed by atoms with Crippen LogP contribution in [0.2, 0.25) is 0 Å². The van der Waals surface area contributed by atoms with E-state index in [0.717, 1.165) is 23.3 Å². The number of aromatic nitrogens is 4. The second kappa shape index (κ2) is 11.0. The number of hydrogen-bond acceptors (Lipinski definition) is 7. The van der Waals surface area contributed by atoms with Gasteiger partial charge in [-0.3, -0.25) is 19.5 Å². The number of fused-ring (bicyclic) bond motifs is 1. The van der Waals surface area contributed by atoms with Gasteiger partial charge in [-0.25, -0.2) is 9.55 Å². The van der Waals surface area contributed by atoms with Crippen molar-refractivity contribution >= 4 is 23.0 Å². The molecule has 2 atom stereocenters. The van der Waals surface area contributed by atoms with Gasteiger partial charge >= 0.3 is 0 Å². The van der Waals surface area contributed by atoms with Gasteiger partial charge in [-0.2, -0.15) is 4.98 Å². The molecule has 204 valence electrons. The highest BCUT2D eigenvalue weighted by molar-refractivity contribution is 5.91. The number of carbonyl (C=O) groups is 1. The average molecular weight is 532 g/mol. The Morgan fingerprint density at radius 3 is 2.51 bits per heavy atom. The molecule has 2 aromatic heterocycles. The van der Waals surface area contributed by atoms with Gasteiger partial charge in [0.05, 0.1) is 13.4 Å². The standard InChI is InChI=1S/C29H33N5O5/c1-19(2)26(35)32-28-31-25-24(27(36)34(28)23-11-8-16-38-23)30-17-33(25)18-39-29(3,20-9-6-5-7-10-20)21-12-14-22(37-4)15-13-21/h5-7,9-10,12-15,17,19,23H,8,11,16,18H2,1-4H3,(H,31,32,35). The molecule has 10 heteroatoms. The van der Waals surface area contributed by atoms with Crippen LogP contribution in [0.5, 0.6) is 5.75 Å². The first-order chi connectivity index (χ1) is 18.8. The van der Waals surface area contributed by atoms with Gasteiger partial charge in [-0.05, 0) is 43.0 Å². The van der Waals surface area contributed by atoms with E-state index in [2.05, 4.69) is 15.3 Å². The van der Waals surface area contributed by atoms with E-state index >= 15 is 0 Å². The summed E-state index contributed by atoms with van der Waals surface area (Å²) in [7, 11) is 1.63. The van der Waals surface area contributed by atoms with Gasteiger partial charge in [0.1, 0.15) is 24.3 Å². The van der Waals surface area contributed by atoms with Crippen molar-refractivity contribution in [3.8, 4) is 5.75 Å². The minimum absolute atomic E-state index is 0.0574. The van der Waals surface area contributed by atoms with E-state index in [1.54, 1.807) is 25.5 Å². The van der Waals surface area contributed by atoms with Crippen LogP contribution in [0.3, 0.4) is 0 Å². The van der Waals surface area contributed by atoms with Crippen molar-refractivity contribution in [2.24, 2.45) is 5.92 Å². The molecule has 0 saturated carbocycles. The Hall–Kier alpha value is -4.02. The topological polar surface area (TPSA) is 110 Å². The quantitative estimate of drug-likeness (QED) is 0.340. The molecule has 1 fully saturated rings. The lowest BCUT2D eigenvalue weighted by molar-refractivity contribution is -0.119. The molecule has 0 spiro atoms. The third kappa shape index (κ3) is 5.17. The lowest BCUT2D eigenvalue weighted by Crippen LogP contribution is -2.32. The largest absolute Gasteiger partial charge is 0.497 e. The number of amides is 1. The Labute approximate surface area is 226 Å². The Kier molecular flexibility index (Phi) is 7.49. The van der Waals surface area contributed by atoms with Gasteiger partial charge in [0.25, 0.3) is 5.56 Å². The molecule has 0 radical (unpaired) electrons. The zero-order valence-electron chi connectivity index (χ0n) is 22.6. The number of methoxy groups -OCH3 is 1. The summed E-state index contributed by atoms with van der Waals surface area (Å²) >= 11 is 0. The summed E-state index contributed by atoms with van der Waals surface area (Å²) < 4.78 is 20.8. The van der Waals surface area contributed by atoms with Crippen LogP contribution in [0.15, 0.2) is 65.7 Å². The lowest BCUT2D eigenvalue weighted by atomic mass is 9.88. The molecule has 0 bridgehead atoms. The van der Waals surface area contributed by atoms with Crippen LogP contribution in [-0.4, -0.2) is 38.7 Å². The first-order valence-corrected chi connectivity index (χ1v) is 13.1. The predicted octanol–water partition coefficient (Wildman–Crippen LogP) is 4.44. The maximum atomic E-state index is 13.6. The maximum absolute atomic E-state index is 13.6. The van der Waals surface area contributed by atoms with Crippen molar-refractivity contribution in [2.45, 2.75) is 52.2 Å². The number of anilines is 1. The predicted molar refractivity (Wildman–Crippen MR) is 146 cm³/mol. The summed E-state index contributed by atoms with van der Waals surface area (Å²) in [5.74, 6) is 0.352. The molecule has 3 heterocycles. The highest BCUT2D eigenvalue weighted by Gasteiger charge is 2.31. The van der Waals surface area contributed by atoms with Crippen molar-refractivity contribution in [1.29, 1.82) is 0 Å². The molecule has 1 N–H and O–H groups in total. The van der Waals surface area contributed by atoms with E-state index in [4.69, 9.17) is 14.2 Å². The minimum Gasteiger partial charge on any atom is -0.497 e. The molecule has 1 aliphatic heterocycles. The van der Waals surface area contributed by atoms with Gasteiger partial charge in [-0.15, -0.1) is 0 Å². The number of nitrogens with zero attached hydrogens (tertiary/aromatic N) is 4. The molecule has 5 rings (SSSR count). The van der Waals surface area contributed by atoms with Gasteiger partial charge < -0.3 is 14.2 Å². The molecule has 1 aliphatic rings. The monoisotopic (exact) mass is 531 g/mol. The van der Waals surface area contributed by atoms with Crippen LogP contribution in [0.1, 0.15) is 51.0 Å². The lowest BCUT2D eigenvalue weighted by Gasteiger charge is -2.31. The number of hydrogen-bond donors (Lipinski definition) is 1. The Morgan fingerprint density at radius 1 is 1.15 bits per heavy atom. The van der Waals surface area contributed by atoms with Gasteiger partial charge in [0.2, 0.25) is 11.9 Å². The molecule has 2 unspecified atom stereocenters. The zero-order valence-corrected chi connectivity index (χ0v) is 22.6. The van der Waals surface area contributed by atoms with Gasteiger partial charge in [-0.1, -0.05) is 56.3 Å². The highest BCUT2D eigenvalue weighted by atomic mass is 16.5. The summed E-state index contributed by atoms with van der Waals surface area (Å²) in [4.78, 5) is 35.2. The third-order valence-electron chi connectivity index (χ3n) is 7.08. The minimum atomic E-state index is -0.828. The summed E-state index contributed by atoms with van der Waals surface area (Å²) in [6, 6.07) is 17.6. The van der Waals surface area contributed by atoms with Crippen LogP contribution < -0.4 is 15.6 Å². The first-order valence-electron chi connectivity index (χ1n) is 13.1. The fourth-order valence-corrected chi connectivity index (χ4v) is 4.67. The van der Waals surface area contributed by atoms with E-state index in [1.165, 1.54) is 10.9 Å². The molecule has 0 aliphatic carbocycles. The Morgan fingerprint density at radius 2 is 1.87 bits per heavy atom. The first kappa shape index (κ1) is 26.6. The molecule has 4 aromatic rings. The SMILES string of the molecule is COc1ccc(C(C)(OCn2cnc3c(=O)n(C4CCCO4)c(NC(=O)C(C)C)nc32)c2ccccc2)cc1. The van der Waals surface area contributed by atoms with E-state index in [-0.39, 0.29) is 35.6 Å². The van der Waals surface area contributed by atoms with Crippen molar-refractivity contribution in [3.63, 3.8) is 0 Å². The van der Waals surface area contributed by atoms with Crippen molar-refractivity contribution in [1.82, 2.24) is 19.1 Å². The van der Waals surface area contributed by atoms with E-state index < -0.39 is 11.8 Å². The number of carbonyl (C=O) groups excluding carboxylic acids is 1. The average Bonchev–Trinajstić information content (AvgIpc) is 3.63. The van der Waals surface area contributed by atoms with E-state index in [0.29, 0.717) is 18.7 Å². The van der Waals surface area contributed by atoms with E-state index in [9.17, 15) is 9.59 Å². The molecular weight excluding hydrogens is 498 g/mol. The third-order valence-corrected chi connectivity index (χ3v) is 7.08. The summed E-state index contributed by atoms with van der Waals surface area (Å²) in [5, 5.41) is 2.81. The van der Waals surface area contributed by atoms with Crippen molar-refractivity contribution in [3.05, 3.63) is 82.4 Å². The number of benzene rings is 2. The smallest absolute Gasteiger partial charge is 0.285 e. The van der Waals surface area contributed by atoms with E-state index in [1.807, 2.05) is 61.5 Å². The van der Waals surface area contributed by atoms with Crippen molar-refractivity contribution < 1.29 is 19.0 Å². The molecule has 39 heavy (non-hydrogen) atoms. The number of rotatable bonds is 9. The summed E-state index contributed by atoms with van der Waals surface area (Å²) in [6.45, 7) is 6.16. The normalized spacial score (nSPS) is 16.9. The Bertz CT molecular complexity index is 1510. The summed E-state index contributed by atoms with van der Waals surface area (Å²) in [6.07, 6.45) is 2.50. The molecule has 2 aromatic carbocycles. The van der Waals surface area contributed by atoms with Crippen LogP contribution in [0.4, 0.5) is 5.95 Å². The molecule has 1 amide bonds. The molecule has 10 nitrogen and oxygen atoms in total. The van der Waals surface area contributed by atoms with Gasteiger partial charge in [0, 0.05) is 12.5 Å². The van der Waals surface area contributed by atoms with Crippen LogP contribution in [-0.2, 0) is 26.6 Å². The second-order valence-electron chi connectivity index (χ2n) is 10.0. The fraction of sp³-hybridized carbons (Fsp3) is 0.379. The second-order valence-corrected chi connectivity index (χ2v) is 10.0. The zero-order chi connectivity index (χ0) is 27.6. The van der Waals surface area contributed by atoms with Gasteiger partial charge in [0.15, 0.2) is 11.2 Å². The molecular formula is C29H33N5O5. The Balaban J connectivity index is 1.54. The van der Waals surface area contributed by atoms with Crippen LogP contribution in [0.25, 0.3) is 11.2 Å². The highest BCUT2D eigenvalue weighted by Crippen LogP contribution is 2.35. The number of nitrogens with one attached hydrogen (secondary N) is 1. The number of imidazole rings is 1. The summed E-state index contributed by atoms with van der Waals surface area (Å²) in [5.41, 5.74) is 1.19. The number of ether oxygens (including phenoxy) is 3. The van der Waals surface area contributed by atoms with Crippen LogP contribution in [0, 0.1) is 5.92 Å². The van der Waals surface area contributed by atoms with Crippen molar-refractivity contribution in [2.75, 3.05) is 19.0 Å². The fourth-order valence-electron chi connectivity index (χ4n) is 4.67. The molecule has 1 saturated heterocycles. The van der Waals surface area contributed by atoms with Crippen LogP contribution >= 0.6 is 0 Å². The maximum Gasteiger partial charge on any atom is 0.285 e.